The molecule has 1 unspecified atom stereocenters. The Labute approximate surface area is 219 Å². The minimum absolute atomic E-state index is 0.119. The van der Waals surface area contributed by atoms with Crippen molar-refractivity contribution in [3.05, 3.63) is 106 Å². The molecule has 5 nitrogen and oxygen atoms in total. The highest BCUT2D eigenvalue weighted by Gasteiger charge is 2.24. The van der Waals surface area contributed by atoms with Gasteiger partial charge in [-0.05, 0) is 73.2 Å². The Bertz CT molecular complexity index is 1510. The third kappa shape index (κ3) is 6.23. The van der Waals surface area contributed by atoms with Crippen LogP contribution in [-0.2, 0) is 4.74 Å². The Morgan fingerprint density at radius 1 is 1.05 bits per heavy atom. The van der Waals surface area contributed by atoms with E-state index in [1.807, 2.05) is 49.4 Å². The van der Waals surface area contributed by atoms with Crippen LogP contribution in [0.15, 0.2) is 66.7 Å². The zero-order valence-corrected chi connectivity index (χ0v) is 20.9. The molecular weight excluding hydrogens is 488 g/mol. The second kappa shape index (κ2) is 11.1. The van der Waals surface area contributed by atoms with Crippen molar-refractivity contribution in [2.45, 2.75) is 25.9 Å². The lowest BCUT2D eigenvalue weighted by atomic mass is 10.1. The summed E-state index contributed by atoms with van der Waals surface area (Å²) >= 11 is 0. The molecule has 0 aliphatic heterocycles. The number of nitrogens with zero attached hydrogens (tertiary/aromatic N) is 1. The lowest BCUT2D eigenvalue weighted by Crippen LogP contribution is -2.16. The number of fused-ring (bicyclic) bond motifs is 1. The normalized spacial score (nSPS) is 14.2. The number of carboxylic acids is 1. The number of benzene rings is 3. The zero-order chi connectivity index (χ0) is 26.6. The number of pyridine rings is 1. The molecule has 3 aromatic carbocycles. The van der Waals surface area contributed by atoms with Crippen molar-refractivity contribution in [3.8, 4) is 5.75 Å². The van der Waals surface area contributed by atoms with Crippen LogP contribution in [0, 0.1) is 24.5 Å². The Hall–Kier alpha value is -4.10. The maximum absolute atomic E-state index is 13.6. The summed E-state index contributed by atoms with van der Waals surface area (Å²) in [5.41, 5.74) is 3.75. The molecule has 1 saturated carbocycles. The van der Waals surface area contributed by atoms with Crippen LogP contribution >= 0.6 is 0 Å². The third-order valence-electron chi connectivity index (χ3n) is 6.47. The predicted octanol–water partition coefficient (Wildman–Crippen LogP) is 7.24. The first-order valence-corrected chi connectivity index (χ1v) is 12.5. The van der Waals surface area contributed by atoms with E-state index in [0.717, 1.165) is 41.7 Å². The van der Waals surface area contributed by atoms with Crippen LogP contribution < -0.4 is 4.74 Å². The Balaban J connectivity index is 1.35. The van der Waals surface area contributed by atoms with Gasteiger partial charge in [-0.25, -0.2) is 18.6 Å². The van der Waals surface area contributed by atoms with Crippen LogP contribution in [0.4, 0.5) is 8.78 Å². The number of hydrogen-bond acceptors (Lipinski definition) is 4. The average Bonchev–Trinajstić information content (AvgIpc) is 3.73. The lowest BCUT2D eigenvalue weighted by Gasteiger charge is -2.20. The topological polar surface area (TPSA) is 68.7 Å². The SMILES string of the molecule is Cc1ccc(OCC(OCC2CC2)c2cccc(/C=C/c3ccc4cc(F)c(F)cc4n3)c2)c(C(=O)O)c1. The first-order valence-electron chi connectivity index (χ1n) is 12.5. The molecule has 38 heavy (non-hydrogen) atoms. The molecule has 1 heterocycles. The molecule has 1 aliphatic rings. The average molecular weight is 516 g/mol. The van der Waals surface area contributed by atoms with Gasteiger partial charge in [-0.15, -0.1) is 0 Å². The quantitative estimate of drug-likeness (QED) is 0.241. The van der Waals surface area contributed by atoms with Gasteiger partial charge >= 0.3 is 5.97 Å². The molecule has 1 aliphatic carbocycles. The molecule has 0 spiro atoms. The predicted molar refractivity (Wildman–Crippen MR) is 142 cm³/mol. The summed E-state index contributed by atoms with van der Waals surface area (Å²) in [5.74, 6) is -2.02. The Morgan fingerprint density at radius 2 is 1.87 bits per heavy atom. The van der Waals surface area contributed by atoms with Gasteiger partial charge in [0.15, 0.2) is 11.6 Å². The van der Waals surface area contributed by atoms with Crippen molar-refractivity contribution >= 4 is 29.0 Å². The molecule has 0 amide bonds. The second-order valence-corrected chi connectivity index (χ2v) is 9.58. The van der Waals surface area contributed by atoms with E-state index >= 15 is 0 Å². The van der Waals surface area contributed by atoms with Crippen LogP contribution in [-0.4, -0.2) is 29.3 Å². The molecule has 7 heteroatoms. The molecule has 1 fully saturated rings. The standard InChI is InChI=1S/C31H27F2NO4/c1-19-5-12-29(25(13-19)31(35)36)38-18-30(37-17-21-6-7-21)23-4-2-3-20(14-23)8-10-24-11-9-22-15-26(32)27(33)16-28(22)34-24/h2-5,8-16,21,30H,6-7,17-18H2,1H3,(H,35,36)/b10-8+. The lowest BCUT2D eigenvalue weighted by molar-refractivity contribution is 0.0128. The number of rotatable bonds is 10. The van der Waals surface area contributed by atoms with E-state index in [-0.39, 0.29) is 18.3 Å². The molecule has 1 N–H and O–H groups in total. The van der Waals surface area contributed by atoms with Gasteiger partial charge in [0.05, 0.1) is 17.8 Å². The van der Waals surface area contributed by atoms with E-state index in [9.17, 15) is 18.7 Å². The maximum Gasteiger partial charge on any atom is 0.339 e. The fraction of sp³-hybridized carbons (Fsp3) is 0.226. The van der Waals surface area contributed by atoms with Crippen molar-refractivity contribution in [1.29, 1.82) is 0 Å². The molecule has 0 saturated heterocycles. The van der Waals surface area contributed by atoms with Gasteiger partial charge in [0.2, 0.25) is 0 Å². The second-order valence-electron chi connectivity index (χ2n) is 9.58. The van der Waals surface area contributed by atoms with Gasteiger partial charge in [0.25, 0.3) is 0 Å². The van der Waals surface area contributed by atoms with Crippen molar-refractivity contribution in [3.63, 3.8) is 0 Å². The van der Waals surface area contributed by atoms with E-state index in [0.29, 0.717) is 34.9 Å². The fourth-order valence-electron chi connectivity index (χ4n) is 4.15. The monoisotopic (exact) mass is 515 g/mol. The van der Waals surface area contributed by atoms with Crippen molar-refractivity contribution in [2.75, 3.05) is 13.2 Å². The minimum Gasteiger partial charge on any atom is -0.490 e. The molecular formula is C31H27F2NO4. The van der Waals surface area contributed by atoms with Crippen LogP contribution in [0.1, 0.15) is 51.7 Å². The number of aromatic nitrogens is 1. The number of ether oxygens (including phenoxy) is 2. The van der Waals surface area contributed by atoms with Crippen LogP contribution in [0.25, 0.3) is 23.1 Å². The summed E-state index contributed by atoms with van der Waals surface area (Å²) in [6.45, 7) is 2.62. The van der Waals surface area contributed by atoms with Crippen molar-refractivity contribution < 1.29 is 28.2 Å². The first-order chi connectivity index (χ1) is 18.4. The van der Waals surface area contributed by atoms with Gasteiger partial charge in [-0.3, -0.25) is 0 Å². The molecule has 1 atom stereocenters. The number of aromatic carboxylic acids is 1. The maximum atomic E-state index is 13.6. The van der Waals surface area contributed by atoms with Crippen LogP contribution in [0.2, 0.25) is 0 Å². The molecule has 194 valence electrons. The van der Waals surface area contributed by atoms with Gasteiger partial charge in [-0.1, -0.05) is 42.0 Å². The summed E-state index contributed by atoms with van der Waals surface area (Å²) in [4.78, 5) is 16.1. The van der Waals surface area contributed by atoms with Crippen LogP contribution in [0.5, 0.6) is 5.75 Å². The van der Waals surface area contributed by atoms with Crippen molar-refractivity contribution in [1.82, 2.24) is 4.98 Å². The summed E-state index contributed by atoms with van der Waals surface area (Å²) in [5, 5.41) is 10.1. The molecule has 5 rings (SSSR count). The summed E-state index contributed by atoms with van der Waals surface area (Å²) in [6.07, 6.45) is 5.60. The highest BCUT2D eigenvalue weighted by Crippen LogP contribution is 2.32. The number of carbonyl (C=O) groups is 1. The number of carboxylic acid groups (broad SMARTS) is 1. The summed E-state index contributed by atoms with van der Waals surface area (Å²) in [7, 11) is 0. The highest BCUT2D eigenvalue weighted by atomic mass is 19.2. The number of halogens is 2. The van der Waals surface area contributed by atoms with Crippen LogP contribution in [0.3, 0.4) is 0 Å². The van der Waals surface area contributed by atoms with Gasteiger partial charge in [-0.2, -0.15) is 0 Å². The smallest absolute Gasteiger partial charge is 0.339 e. The van der Waals surface area contributed by atoms with Gasteiger partial charge in [0, 0.05) is 11.5 Å². The molecule has 1 aromatic heterocycles. The van der Waals surface area contributed by atoms with E-state index in [1.54, 1.807) is 24.3 Å². The van der Waals surface area contributed by atoms with E-state index in [4.69, 9.17) is 9.47 Å². The van der Waals surface area contributed by atoms with Gasteiger partial charge in [0.1, 0.15) is 24.0 Å². The minimum atomic E-state index is -1.04. The Morgan fingerprint density at radius 3 is 2.66 bits per heavy atom. The summed E-state index contributed by atoms with van der Waals surface area (Å²) < 4.78 is 39.3. The molecule has 0 bridgehead atoms. The molecule has 4 aromatic rings. The summed E-state index contributed by atoms with van der Waals surface area (Å²) in [6, 6.07) is 18.6. The third-order valence-corrected chi connectivity index (χ3v) is 6.47. The highest BCUT2D eigenvalue weighted by molar-refractivity contribution is 5.91. The first kappa shape index (κ1) is 25.5. The van der Waals surface area contributed by atoms with E-state index < -0.39 is 17.6 Å². The van der Waals surface area contributed by atoms with Gasteiger partial charge < -0.3 is 14.6 Å². The number of aryl methyl sites for hydroxylation is 1. The fourth-order valence-corrected chi connectivity index (χ4v) is 4.15. The molecule has 0 radical (unpaired) electrons. The Kier molecular flexibility index (Phi) is 7.47. The van der Waals surface area contributed by atoms with E-state index in [2.05, 4.69) is 4.98 Å². The van der Waals surface area contributed by atoms with Crippen molar-refractivity contribution in [2.24, 2.45) is 5.92 Å². The zero-order valence-electron chi connectivity index (χ0n) is 20.9. The largest absolute Gasteiger partial charge is 0.490 e. The number of hydrogen-bond donors (Lipinski definition) is 1. The van der Waals surface area contributed by atoms with E-state index in [1.165, 1.54) is 0 Å².